The maximum atomic E-state index is 11.8. The van der Waals surface area contributed by atoms with Crippen molar-refractivity contribution in [1.29, 1.82) is 0 Å². The highest BCUT2D eigenvalue weighted by Gasteiger charge is 2.47. The molecule has 0 saturated carbocycles. The topological polar surface area (TPSA) is 29.5 Å². The van der Waals surface area contributed by atoms with Gasteiger partial charge in [-0.1, -0.05) is 37.3 Å². The molecule has 1 aromatic rings. The zero-order valence-corrected chi connectivity index (χ0v) is 12.6. The number of benzene rings is 1. The molecule has 1 saturated heterocycles. The highest BCUT2D eigenvalue weighted by molar-refractivity contribution is 5.85. The Balaban J connectivity index is 0.00000180. The van der Waals surface area contributed by atoms with Crippen molar-refractivity contribution in [3.63, 3.8) is 0 Å². The largest absolute Gasteiger partial charge is 0.452 e. The lowest BCUT2D eigenvalue weighted by atomic mass is 9.87. The molecule has 4 heteroatoms. The molecule has 0 bridgehead atoms. The number of likely N-dealkylation sites (N-methyl/N-ethyl adjacent to an activating group) is 1. The van der Waals surface area contributed by atoms with Gasteiger partial charge in [0, 0.05) is 19.4 Å². The Hall–Kier alpha value is -1.06. The molecule has 0 spiro atoms. The molecular formula is C15H22ClNO2. The van der Waals surface area contributed by atoms with E-state index in [0.29, 0.717) is 6.42 Å². The molecule has 1 aromatic carbocycles. The SMILES string of the molecule is CCC(=O)OC1(c2ccccc2)CCN(C)C1C.Cl. The fourth-order valence-electron chi connectivity index (χ4n) is 2.68. The molecule has 19 heavy (non-hydrogen) atoms. The summed E-state index contributed by atoms with van der Waals surface area (Å²) in [5.74, 6) is -0.124. The van der Waals surface area contributed by atoms with Crippen molar-refractivity contribution in [2.45, 2.75) is 38.3 Å². The van der Waals surface area contributed by atoms with Crippen molar-refractivity contribution in [3.8, 4) is 0 Å². The molecule has 1 fully saturated rings. The van der Waals surface area contributed by atoms with Gasteiger partial charge in [0.1, 0.15) is 0 Å². The van der Waals surface area contributed by atoms with E-state index in [-0.39, 0.29) is 24.4 Å². The minimum atomic E-state index is -0.483. The molecule has 0 aliphatic carbocycles. The van der Waals surface area contributed by atoms with Crippen LogP contribution in [0.15, 0.2) is 30.3 Å². The summed E-state index contributed by atoms with van der Waals surface area (Å²) in [7, 11) is 2.08. The third-order valence-corrected chi connectivity index (χ3v) is 4.02. The Morgan fingerprint density at radius 1 is 1.42 bits per heavy atom. The van der Waals surface area contributed by atoms with E-state index in [0.717, 1.165) is 18.5 Å². The van der Waals surface area contributed by atoms with Gasteiger partial charge in [-0.25, -0.2) is 0 Å². The van der Waals surface area contributed by atoms with Gasteiger partial charge in [0.15, 0.2) is 5.60 Å². The molecule has 0 aromatic heterocycles. The zero-order valence-electron chi connectivity index (χ0n) is 11.8. The van der Waals surface area contributed by atoms with Crippen LogP contribution >= 0.6 is 12.4 Å². The number of hydrogen-bond acceptors (Lipinski definition) is 3. The Morgan fingerprint density at radius 3 is 2.53 bits per heavy atom. The second kappa shape index (κ2) is 6.40. The maximum Gasteiger partial charge on any atom is 0.306 e. The van der Waals surface area contributed by atoms with Crippen LogP contribution in [0.5, 0.6) is 0 Å². The first-order valence-electron chi connectivity index (χ1n) is 6.57. The van der Waals surface area contributed by atoms with Crippen LogP contribution in [0.4, 0.5) is 0 Å². The molecule has 1 aliphatic heterocycles. The summed E-state index contributed by atoms with van der Waals surface area (Å²) in [6.07, 6.45) is 1.28. The second-order valence-corrected chi connectivity index (χ2v) is 4.99. The van der Waals surface area contributed by atoms with Gasteiger partial charge >= 0.3 is 5.97 Å². The number of carbonyl (C=O) groups is 1. The molecule has 2 atom stereocenters. The Bertz CT molecular complexity index is 423. The lowest BCUT2D eigenvalue weighted by Crippen LogP contribution is -2.42. The molecule has 0 radical (unpaired) electrons. The average Bonchev–Trinajstić information content (AvgIpc) is 2.69. The van der Waals surface area contributed by atoms with Gasteiger partial charge in [0.05, 0.1) is 6.04 Å². The summed E-state index contributed by atoms with van der Waals surface area (Å²) in [6.45, 7) is 4.92. The van der Waals surface area contributed by atoms with Crippen LogP contribution in [0.1, 0.15) is 32.3 Å². The van der Waals surface area contributed by atoms with Gasteiger partial charge in [-0.15, -0.1) is 12.4 Å². The first-order valence-corrected chi connectivity index (χ1v) is 6.57. The van der Waals surface area contributed by atoms with E-state index in [2.05, 4.69) is 31.0 Å². The summed E-state index contributed by atoms with van der Waals surface area (Å²) >= 11 is 0. The second-order valence-electron chi connectivity index (χ2n) is 4.99. The average molecular weight is 284 g/mol. The van der Waals surface area contributed by atoms with Gasteiger partial charge in [0.25, 0.3) is 0 Å². The van der Waals surface area contributed by atoms with E-state index in [9.17, 15) is 4.79 Å². The van der Waals surface area contributed by atoms with Crippen molar-refractivity contribution in [3.05, 3.63) is 35.9 Å². The zero-order chi connectivity index (χ0) is 13.2. The van der Waals surface area contributed by atoms with Crippen LogP contribution in [0.2, 0.25) is 0 Å². The van der Waals surface area contributed by atoms with E-state index < -0.39 is 5.60 Å². The van der Waals surface area contributed by atoms with Crippen molar-refractivity contribution in [2.75, 3.05) is 13.6 Å². The number of nitrogens with zero attached hydrogens (tertiary/aromatic N) is 1. The Kier molecular flexibility index (Phi) is 5.39. The monoisotopic (exact) mass is 283 g/mol. The van der Waals surface area contributed by atoms with Crippen molar-refractivity contribution in [1.82, 2.24) is 4.90 Å². The standard InChI is InChI=1S/C15H21NO2.ClH/c1-4-14(17)18-15(10-11-16(3)12(15)2)13-8-6-5-7-9-13;/h5-9,12H,4,10-11H2,1-3H3;1H. The minimum Gasteiger partial charge on any atom is -0.452 e. The minimum absolute atomic E-state index is 0. The fraction of sp³-hybridized carbons (Fsp3) is 0.533. The molecule has 0 N–H and O–H groups in total. The van der Waals surface area contributed by atoms with Crippen molar-refractivity contribution < 1.29 is 9.53 Å². The van der Waals surface area contributed by atoms with Gasteiger partial charge < -0.3 is 4.74 Å². The summed E-state index contributed by atoms with van der Waals surface area (Å²) in [6, 6.07) is 10.3. The molecule has 3 nitrogen and oxygen atoms in total. The lowest BCUT2D eigenvalue weighted by molar-refractivity contribution is -0.163. The normalized spacial score (nSPS) is 26.8. The van der Waals surface area contributed by atoms with Crippen molar-refractivity contribution in [2.24, 2.45) is 0 Å². The number of rotatable bonds is 3. The van der Waals surface area contributed by atoms with E-state index in [1.165, 1.54) is 0 Å². The fourth-order valence-corrected chi connectivity index (χ4v) is 2.68. The maximum absolute atomic E-state index is 11.8. The Labute approximate surface area is 121 Å². The third kappa shape index (κ3) is 2.93. The number of carbonyl (C=O) groups excluding carboxylic acids is 1. The number of halogens is 1. The number of hydrogen-bond donors (Lipinski definition) is 0. The van der Waals surface area contributed by atoms with Crippen LogP contribution in [-0.2, 0) is 15.1 Å². The highest BCUT2D eigenvalue weighted by Crippen LogP contribution is 2.40. The number of ether oxygens (including phenoxy) is 1. The predicted molar refractivity (Wildman–Crippen MR) is 78.5 cm³/mol. The number of esters is 1. The van der Waals surface area contributed by atoms with Crippen LogP contribution in [0.25, 0.3) is 0 Å². The summed E-state index contributed by atoms with van der Waals surface area (Å²) < 4.78 is 5.84. The predicted octanol–water partition coefficient (Wildman–Crippen LogP) is 2.98. The van der Waals surface area contributed by atoms with Gasteiger partial charge in [-0.05, 0) is 19.5 Å². The van der Waals surface area contributed by atoms with E-state index in [1.54, 1.807) is 0 Å². The third-order valence-electron chi connectivity index (χ3n) is 4.02. The summed E-state index contributed by atoms with van der Waals surface area (Å²) in [5.41, 5.74) is 0.618. The van der Waals surface area contributed by atoms with Crippen LogP contribution in [0.3, 0.4) is 0 Å². The quantitative estimate of drug-likeness (QED) is 0.799. The Morgan fingerprint density at radius 2 is 2.05 bits per heavy atom. The van der Waals surface area contributed by atoms with Gasteiger partial charge in [-0.2, -0.15) is 0 Å². The molecule has 2 rings (SSSR count). The molecule has 106 valence electrons. The van der Waals surface area contributed by atoms with Crippen LogP contribution < -0.4 is 0 Å². The molecule has 1 heterocycles. The first kappa shape index (κ1) is 16.0. The molecule has 0 amide bonds. The molecule has 2 unspecified atom stereocenters. The first-order chi connectivity index (χ1) is 8.60. The number of likely N-dealkylation sites (tertiary alicyclic amines) is 1. The molecular weight excluding hydrogens is 262 g/mol. The lowest BCUT2D eigenvalue weighted by Gasteiger charge is -2.35. The molecule has 1 aliphatic rings. The van der Waals surface area contributed by atoms with Gasteiger partial charge in [0.2, 0.25) is 0 Å². The summed E-state index contributed by atoms with van der Waals surface area (Å²) in [4.78, 5) is 14.0. The smallest absolute Gasteiger partial charge is 0.306 e. The van der Waals surface area contributed by atoms with E-state index in [4.69, 9.17) is 4.74 Å². The van der Waals surface area contributed by atoms with Crippen LogP contribution in [-0.4, -0.2) is 30.5 Å². The summed E-state index contributed by atoms with van der Waals surface area (Å²) in [5, 5.41) is 0. The van der Waals surface area contributed by atoms with E-state index >= 15 is 0 Å². The van der Waals surface area contributed by atoms with Crippen molar-refractivity contribution >= 4 is 18.4 Å². The van der Waals surface area contributed by atoms with Gasteiger partial charge in [-0.3, -0.25) is 9.69 Å². The van der Waals surface area contributed by atoms with E-state index in [1.807, 2.05) is 25.1 Å². The van der Waals surface area contributed by atoms with Crippen LogP contribution in [0, 0.1) is 0 Å². The highest BCUT2D eigenvalue weighted by atomic mass is 35.5.